The summed E-state index contributed by atoms with van der Waals surface area (Å²) >= 11 is 0. The molecule has 0 aromatic heterocycles. The van der Waals surface area contributed by atoms with E-state index in [1.165, 1.54) is 12.8 Å². The molecule has 0 aliphatic heterocycles. The fraction of sp³-hybridized carbons (Fsp3) is 1.00. The van der Waals surface area contributed by atoms with Crippen LogP contribution in [0.25, 0.3) is 0 Å². The molecule has 0 aromatic carbocycles. The normalized spacial score (nSPS) is 30.0. The minimum Gasteiger partial charge on any atom is -0.389 e. The zero-order valence-electron chi connectivity index (χ0n) is 13.4. The first-order valence-electron chi connectivity index (χ1n) is 7.93. The highest BCUT2D eigenvalue weighted by atomic mass is 16.5. The van der Waals surface area contributed by atoms with Gasteiger partial charge in [-0.2, -0.15) is 0 Å². The monoisotopic (exact) mass is 271 g/mol. The van der Waals surface area contributed by atoms with Crippen molar-refractivity contribution >= 4 is 0 Å². The van der Waals surface area contributed by atoms with Crippen molar-refractivity contribution in [2.24, 2.45) is 17.8 Å². The van der Waals surface area contributed by atoms with E-state index in [0.29, 0.717) is 37.1 Å². The molecule has 0 unspecified atom stereocenters. The van der Waals surface area contributed by atoms with Crippen molar-refractivity contribution in [2.75, 3.05) is 13.2 Å². The van der Waals surface area contributed by atoms with Crippen LogP contribution in [-0.2, 0) is 4.74 Å². The van der Waals surface area contributed by atoms with E-state index >= 15 is 0 Å². The van der Waals surface area contributed by atoms with Gasteiger partial charge in [0.05, 0.1) is 18.8 Å². The fourth-order valence-electron chi connectivity index (χ4n) is 2.97. The highest BCUT2D eigenvalue weighted by molar-refractivity contribution is 4.81. The molecule has 3 nitrogen and oxygen atoms in total. The third-order valence-electron chi connectivity index (χ3n) is 4.23. The topological polar surface area (TPSA) is 41.5 Å². The maximum absolute atomic E-state index is 9.93. The average molecular weight is 271 g/mol. The lowest BCUT2D eigenvalue weighted by Gasteiger charge is -2.37. The quantitative estimate of drug-likeness (QED) is 0.748. The van der Waals surface area contributed by atoms with Gasteiger partial charge in [0, 0.05) is 12.6 Å². The van der Waals surface area contributed by atoms with Gasteiger partial charge in [-0.05, 0) is 30.6 Å². The minimum absolute atomic E-state index is 0.331. The van der Waals surface area contributed by atoms with Crippen LogP contribution in [0.5, 0.6) is 0 Å². The van der Waals surface area contributed by atoms with Crippen LogP contribution in [-0.4, -0.2) is 36.5 Å². The zero-order chi connectivity index (χ0) is 14.4. The van der Waals surface area contributed by atoms with Crippen LogP contribution in [0.4, 0.5) is 0 Å². The molecule has 0 aromatic rings. The SMILES string of the molecule is CC(C)NC[C@@H](O)CO[C@@H]1C[C@H](C)CC[C@H]1C(C)C. The van der Waals surface area contributed by atoms with E-state index in [-0.39, 0.29) is 0 Å². The molecule has 0 heterocycles. The molecule has 1 aliphatic rings. The Kier molecular flexibility index (Phi) is 7.33. The molecule has 4 atom stereocenters. The van der Waals surface area contributed by atoms with Crippen molar-refractivity contribution in [1.82, 2.24) is 5.32 Å². The Morgan fingerprint density at radius 2 is 1.89 bits per heavy atom. The molecule has 2 N–H and O–H groups in total. The van der Waals surface area contributed by atoms with E-state index in [0.717, 1.165) is 12.3 Å². The van der Waals surface area contributed by atoms with Gasteiger partial charge in [-0.1, -0.05) is 41.0 Å². The van der Waals surface area contributed by atoms with Crippen LogP contribution in [0, 0.1) is 17.8 Å². The maximum atomic E-state index is 9.93. The summed E-state index contributed by atoms with van der Waals surface area (Å²) in [6.07, 6.45) is 3.67. The second-order valence-corrected chi connectivity index (χ2v) is 6.91. The van der Waals surface area contributed by atoms with Crippen LogP contribution in [0.3, 0.4) is 0 Å². The van der Waals surface area contributed by atoms with Crippen molar-refractivity contribution in [3.63, 3.8) is 0 Å². The first kappa shape index (κ1) is 16.9. The summed E-state index contributed by atoms with van der Waals surface area (Å²) in [7, 11) is 0. The summed E-state index contributed by atoms with van der Waals surface area (Å²) in [5.41, 5.74) is 0. The zero-order valence-corrected chi connectivity index (χ0v) is 13.4. The van der Waals surface area contributed by atoms with Crippen molar-refractivity contribution in [3.05, 3.63) is 0 Å². The summed E-state index contributed by atoms with van der Waals surface area (Å²) in [6, 6.07) is 0.410. The van der Waals surface area contributed by atoms with Crippen molar-refractivity contribution in [2.45, 2.75) is 72.1 Å². The Bertz CT molecular complexity index is 243. The van der Waals surface area contributed by atoms with Gasteiger partial charge in [0.15, 0.2) is 0 Å². The van der Waals surface area contributed by atoms with Gasteiger partial charge in [-0.3, -0.25) is 0 Å². The first-order valence-corrected chi connectivity index (χ1v) is 7.93. The molecule has 0 saturated heterocycles. The summed E-state index contributed by atoms with van der Waals surface area (Å²) in [6.45, 7) is 12.1. The highest BCUT2D eigenvalue weighted by Gasteiger charge is 2.31. The van der Waals surface area contributed by atoms with Crippen molar-refractivity contribution < 1.29 is 9.84 Å². The molecule has 1 aliphatic carbocycles. The van der Waals surface area contributed by atoms with E-state index in [1.807, 2.05) is 0 Å². The van der Waals surface area contributed by atoms with Gasteiger partial charge in [0.1, 0.15) is 0 Å². The summed E-state index contributed by atoms with van der Waals surface area (Å²) in [4.78, 5) is 0. The summed E-state index contributed by atoms with van der Waals surface area (Å²) in [5.74, 6) is 2.08. The molecule has 1 saturated carbocycles. The van der Waals surface area contributed by atoms with Crippen LogP contribution < -0.4 is 5.32 Å². The number of aliphatic hydroxyl groups excluding tert-OH is 1. The molecule has 19 heavy (non-hydrogen) atoms. The Balaban J connectivity index is 2.35. The van der Waals surface area contributed by atoms with Gasteiger partial charge in [-0.15, -0.1) is 0 Å². The van der Waals surface area contributed by atoms with Gasteiger partial charge >= 0.3 is 0 Å². The lowest BCUT2D eigenvalue weighted by Crippen LogP contribution is -2.39. The van der Waals surface area contributed by atoms with Crippen LogP contribution in [0.2, 0.25) is 0 Å². The first-order chi connectivity index (χ1) is 8.90. The number of hydrogen-bond donors (Lipinski definition) is 2. The maximum Gasteiger partial charge on any atom is 0.0897 e. The van der Waals surface area contributed by atoms with Gasteiger partial charge in [0.25, 0.3) is 0 Å². The molecule has 1 rings (SSSR count). The fourth-order valence-corrected chi connectivity index (χ4v) is 2.97. The average Bonchev–Trinajstić information content (AvgIpc) is 2.33. The van der Waals surface area contributed by atoms with Gasteiger partial charge in [-0.25, -0.2) is 0 Å². The molecule has 0 bridgehead atoms. The van der Waals surface area contributed by atoms with E-state index in [4.69, 9.17) is 4.74 Å². The Morgan fingerprint density at radius 1 is 1.21 bits per heavy atom. The molecule has 114 valence electrons. The number of rotatable bonds is 7. The third-order valence-corrected chi connectivity index (χ3v) is 4.23. The third kappa shape index (κ3) is 6.24. The molecule has 0 spiro atoms. The second kappa shape index (κ2) is 8.23. The molecule has 0 radical (unpaired) electrons. The standard InChI is InChI=1S/C16H33NO2/c1-11(2)15-7-6-13(5)8-16(15)19-10-14(18)9-17-12(3)4/h11-18H,6-10H2,1-5H3/t13-,14-,15+,16-/m1/s1. The Morgan fingerprint density at radius 3 is 2.47 bits per heavy atom. The molecule has 0 amide bonds. The van der Waals surface area contributed by atoms with E-state index in [9.17, 15) is 5.11 Å². The highest BCUT2D eigenvalue weighted by Crippen LogP contribution is 2.35. The molecule has 3 heteroatoms. The lowest BCUT2D eigenvalue weighted by molar-refractivity contribution is -0.0684. The number of nitrogens with one attached hydrogen (secondary N) is 1. The summed E-state index contributed by atoms with van der Waals surface area (Å²) < 4.78 is 6.03. The van der Waals surface area contributed by atoms with E-state index in [1.54, 1.807) is 0 Å². The molecular formula is C16H33NO2. The Hall–Kier alpha value is -0.120. The van der Waals surface area contributed by atoms with E-state index in [2.05, 4.69) is 39.9 Å². The summed E-state index contributed by atoms with van der Waals surface area (Å²) in [5, 5.41) is 13.2. The minimum atomic E-state index is -0.396. The largest absolute Gasteiger partial charge is 0.389 e. The number of ether oxygens (including phenoxy) is 1. The number of aliphatic hydroxyl groups is 1. The second-order valence-electron chi connectivity index (χ2n) is 6.91. The Labute approximate surface area is 119 Å². The van der Waals surface area contributed by atoms with Crippen LogP contribution in [0.1, 0.15) is 53.9 Å². The van der Waals surface area contributed by atoms with Crippen molar-refractivity contribution in [1.29, 1.82) is 0 Å². The molecular weight excluding hydrogens is 238 g/mol. The predicted octanol–water partition coefficient (Wildman–Crippen LogP) is 2.82. The molecule has 1 fully saturated rings. The predicted molar refractivity (Wildman–Crippen MR) is 80.2 cm³/mol. The lowest BCUT2D eigenvalue weighted by atomic mass is 9.75. The van der Waals surface area contributed by atoms with Gasteiger partial charge in [0.2, 0.25) is 0 Å². The van der Waals surface area contributed by atoms with Crippen LogP contribution >= 0.6 is 0 Å². The number of hydrogen-bond acceptors (Lipinski definition) is 3. The van der Waals surface area contributed by atoms with Gasteiger partial charge < -0.3 is 15.2 Å². The van der Waals surface area contributed by atoms with E-state index < -0.39 is 6.10 Å². The smallest absolute Gasteiger partial charge is 0.0897 e. The van der Waals surface area contributed by atoms with Crippen LogP contribution in [0.15, 0.2) is 0 Å². The van der Waals surface area contributed by atoms with Crippen molar-refractivity contribution in [3.8, 4) is 0 Å².